The number of fused-ring (bicyclic) bond motifs is 1. The summed E-state index contributed by atoms with van der Waals surface area (Å²) in [5, 5.41) is 0. The van der Waals surface area contributed by atoms with Gasteiger partial charge >= 0.3 is 0 Å². The number of benzene rings is 2. The fraction of sp³-hybridized carbons (Fsp3) is 0.273. The molecule has 0 radical (unpaired) electrons. The number of allylic oxidation sites excluding steroid dienone is 1. The summed E-state index contributed by atoms with van der Waals surface area (Å²) in [5.41, 5.74) is 5.99. The number of aliphatic imine (C=N–C) groups is 1. The summed E-state index contributed by atoms with van der Waals surface area (Å²) in [6.45, 7) is 1.90. The van der Waals surface area contributed by atoms with Crippen LogP contribution in [0.25, 0.3) is 0 Å². The lowest BCUT2D eigenvalue weighted by Gasteiger charge is -2.19. The van der Waals surface area contributed by atoms with Gasteiger partial charge in [0.2, 0.25) is 0 Å². The lowest BCUT2D eigenvalue weighted by atomic mass is 10.0. The zero-order chi connectivity index (χ0) is 17.1. The number of anilines is 1. The number of rotatable bonds is 6. The van der Waals surface area contributed by atoms with Gasteiger partial charge in [0.05, 0.1) is 12.2 Å². The first kappa shape index (κ1) is 15.8. The molecule has 0 amide bonds. The summed E-state index contributed by atoms with van der Waals surface area (Å²) in [6, 6.07) is 16.5. The van der Waals surface area contributed by atoms with Crippen LogP contribution in [0, 0.1) is 0 Å². The van der Waals surface area contributed by atoms with Gasteiger partial charge in [0.15, 0.2) is 0 Å². The second kappa shape index (κ2) is 7.06. The molecule has 2 heterocycles. The Morgan fingerprint density at radius 2 is 1.88 bits per heavy atom. The van der Waals surface area contributed by atoms with Crippen molar-refractivity contribution in [3.05, 3.63) is 77.0 Å². The van der Waals surface area contributed by atoms with Crippen molar-refractivity contribution in [2.24, 2.45) is 4.99 Å². The van der Waals surface area contributed by atoms with Gasteiger partial charge in [-0.05, 0) is 29.2 Å². The molecule has 3 nitrogen and oxygen atoms in total. The molecule has 2 aromatic rings. The highest BCUT2D eigenvalue weighted by molar-refractivity contribution is 5.83. The van der Waals surface area contributed by atoms with Crippen LogP contribution in [0.1, 0.15) is 23.1 Å². The van der Waals surface area contributed by atoms with Crippen LogP contribution in [0.2, 0.25) is 0 Å². The quantitative estimate of drug-likeness (QED) is 0.808. The molecule has 2 aliphatic heterocycles. The Kier molecular flexibility index (Phi) is 4.47. The summed E-state index contributed by atoms with van der Waals surface area (Å²) < 4.78 is 0. The average Bonchev–Trinajstić information content (AvgIpc) is 3.26. The van der Waals surface area contributed by atoms with E-state index < -0.39 is 0 Å². The van der Waals surface area contributed by atoms with Gasteiger partial charge in [0.25, 0.3) is 0 Å². The minimum Gasteiger partial charge on any atom is -0.365 e. The van der Waals surface area contributed by atoms with Crippen LogP contribution < -0.4 is 4.90 Å². The molecule has 0 bridgehead atoms. The molecular weight excluding hydrogens is 308 g/mol. The molecule has 0 unspecified atom stereocenters. The topological polar surface area (TPSA) is 32.7 Å². The van der Waals surface area contributed by atoms with E-state index in [1.165, 1.54) is 11.3 Å². The van der Waals surface area contributed by atoms with Gasteiger partial charge < -0.3 is 4.90 Å². The van der Waals surface area contributed by atoms with E-state index in [-0.39, 0.29) is 5.78 Å². The molecule has 0 aromatic heterocycles. The molecule has 25 heavy (non-hydrogen) atoms. The van der Waals surface area contributed by atoms with Crippen molar-refractivity contribution in [3.8, 4) is 0 Å². The molecule has 0 fully saturated rings. The molecule has 0 saturated heterocycles. The third kappa shape index (κ3) is 3.71. The number of carbonyl (C=O) groups is 1. The molecule has 126 valence electrons. The minimum absolute atomic E-state index is 0.263. The maximum absolute atomic E-state index is 12.4. The second-order valence-electron chi connectivity index (χ2n) is 6.76. The van der Waals surface area contributed by atoms with Crippen molar-refractivity contribution in [2.45, 2.75) is 25.7 Å². The largest absolute Gasteiger partial charge is 0.365 e. The van der Waals surface area contributed by atoms with E-state index >= 15 is 0 Å². The van der Waals surface area contributed by atoms with E-state index in [4.69, 9.17) is 0 Å². The molecule has 2 aromatic carbocycles. The van der Waals surface area contributed by atoms with E-state index in [0.29, 0.717) is 12.8 Å². The fourth-order valence-corrected chi connectivity index (χ4v) is 3.59. The first-order valence-corrected chi connectivity index (χ1v) is 8.92. The number of hydrogen-bond donors (Lipinski definition) is 0. The van der Waals surface area contributed by atoms with Gasteiger partial charge in [0, 0.05) is 37.7 Å². The lowest BCUT2D eigenvalue weighted by Crippen LogP contribution is -2.22. The first-order valence-electron chi connectivity index (χ1n) is 8.92. The molecule has 2 aliphatic rings. The maximum Gasteiger partial charge on any atom is 0.141 e. The van der Waals surface area contributed by atoms with E-state index in [9.17, 15) is 4.79 Å². The Morgan fingerprint density at radius 3 is 2.68 bits per heavy atom. The number of hydrogen-bond acceptors (Lipinski definition) is 3. The van der Waals surface area contributed by atoms with Crippen LogP contribution >= 0.6 is 0 Å². The van der Waals surface area contributed by atoms with Crippen LogP contribution in [0.3, 0.4) is 0 Å². The van der Waals surface area contributed by atoms with Crippen molar-refractivity contribution >= 4 is 17.7 Å². The van der Waals surface area contributed by atoms with Crippen LogP contribution in [0.4, 0.5) is 5.69 Å². The standard InChI is InChI=1S/C22H22N2O/c25-21(13-17-5-2-1-3-6-17)14-18-8-9-19-10-12-24(22(19)15-18)16-20-7-4-11-23-20/h1-3,5-9,11,15H,4,10,12-14,16H2. The molecule has 0 saturated carbocycles. The highest BCUT2D eigenvalue weighted by atomic mass is 16.1. The number of carbonyl (C=O) groups excluding carboxylic acids is 1. The van der Waals surface area contributed by atoms with Gasteiger partial charge in [-0.15, -0.1) is 0 Å². The Hall–Kier alpha value is -2.68. The van der Waals surface area contributed by atoms with Crippen molar-refractivity contribution in [2.75, 3.05) is 18.0 Å². The van der Waals surface area contributed by atoms with Gasteiger partial charge in [-0.1, -0.05) is 48.5 Å². The molecule has 0 N–H and O–H groups in total. The summed E-state index contributed by atoms with van der Waals surface area (Å²) in [7, 11) is 0. The zero-order valence-electron chi connectivity index (χ0n) is 14.3. The molecule has 3 heteroatoms. The van der Waals surface area contributed by atoms with Gasteiger partial charge in [-0.3, -0.25) is 9.79 Å². The second-order valence-corrected chi connectivity index (χ2v) is 6.76. The molecule has 4 rings (SSSR count). The van der Waals surface area contributed by atoms with Gasteiger partial charge in [0.1, 0.15) is 5.78 Å². The number of Topliss-reactive ketones (excluding diaryl/α,β-unsaturated/α-hetero) is 1. The van der Waals surface area contributed by atoms with Gasteiger partial charge in [-0.25, -0.2) is 0 Å². The smallest absolute Gasteiger partial charge is 0.141 e. The fourth-order valence-electron chi connectivity index (χ4n) is 3.59. The van der Waals surface area contributed by atoms with E-state index in [1.54, 1.807) is 0 Å². The predicted molar refractivity (Wildman–Crippen MR) is 102 cm³/mol. The van der Waals surface area contributed by atoms with Crippen molar-refractivity contribution in [3.63, 3.8) is 0 Å². The van der Waals surface area contributed by atoms with Crippen molar-refractivity contribution < 1.29 is 4.79 Å². The Labute approximate surface area is 148 Å². The summed E-state index contributed by atoms with van der Waals surface area (Å²) in [6.07, 6.45) is 7.17. The van der Waals surface area contributed by atoms with Crippen LogP contribution in [-0.2, 0) is 24.1 Å². The minimum atomic E-state index is 0.263. The van der Waals surface area contributed by atoms with Crippen molar-refractivity contribution in [1.82, 2.24) is 0 Å². The average molecular weight is 330 g/mol. The predicted octanol–water partition coefficient (Wildman–Crippen LogP) is 3.76. The highest BCUT2D eigenvalue weighted by Gasteiger charge is 2.21. The van der Waals surface area contributed by atoms with Crippen LogP contribution in [-0.4, -0.2) is 25.1 Å². The third-order valence-corrected chi connectivity index (χ3v) is 4.86. The van der Waals surface area contributed by atoms with Crippen LogP contribution in [0.5, 0.6) is 0 Å². The van der Waals surface area contributed by atoms with E-state index in [2.05, 4.69) is 34.2 Å². The Balaban J connectivity index is 1.45. The molecule has 0 atom stereocenters. The summed E-state index contributed by atoms with van der Waals surface area (Å²) in [5.74, 6) is 0.263. The van der Waals surface area contributed by atoms with E-state index in [1.807, 2.05) is 36.5 Å². The lowest BCUT2D eigenvalue weighted by molar-refractivity contribution is -0.117. The zero-order valence-corrected chi connectivity index (χ0v) is 14.3. The monoisotopic (exact) mass is 330 g/mol. The van der Waals surface area contributed by atoms with Crippen molar-refractivity contribution in [1.29, 1.82) is 0 Å². The van der Waals surface area contributed by atoms with Crippen LogP contribution in [0.15, 0.2) is 65.3 Å². The summed E-state index contributed by atoms with van der Waals surface area (Å²) in [4.78, 5) is 19.2. The number of ketones is 1. The normalized spacial score (nSPS) is 15.4. The highest BCUT2D eigenvalue weighted by Crippen LogP contribution is 2.30. The summed E-state index contributed by atoms with van der Waals surface area (Å²) >= 11 is 0. The maximum atomic E-state index is 12.4. The SMILES string of the molecule is O=C(Cc1ccccc1)Cc1ccc2c(c1)N(CC1=CCC=N1)CC2. The third-order valence-electron chi connectivity index (χ3n) is 4.86. The Bertz CT molecular complexity index is 836. The van der Waals surface area contributed by atoms with Gasteiger partial charge in [-0.2, -0.15) is 0 Å². The first-order chi connectivity index (χ1) is 12.3. The van der Waals surface area contributed by atoms with E-state index in [0.717, 1.165) is 42.8 Å². The molecule has 0 aliphatic carbocycles. The Morgan fingerprint density at radius 1 is 1.04 bits per heavy atom. The number of nitrogens with zero attached hydrogens (tertiary/aromatic N) is 2. The molecular formula is C22H22N2O. The molecule has 0 spiro atoms.